The van der Waals surface area contributed by atoms with Gasteiger partial charge >= 0.3 is 0 Å². The molecule has 3 nitrogen and oxygen atoms in total. The summed E-state index contributed by atoms with van der Waals surface area (Å²) < 4.78 is 5.46. The molecule has 0 aliphatic carbocycles. The summed E-state index contributed by atoms with van der Waals surface area (Å²) in [5, 5.41) is 0. The van der Waals surface area contributed by atoms with Crippen LogP contribution in [0.4, 0.5) is 0 Å². The number of nitrogens with two attached hydrogens (primary N) is 1. The van der Waals surface area contributed by atoms with E-state index in [9.17, 15) is 0 Å². The van der Waals surface area contributed by atoms with Crippen molar-refractivity contribution in [1.29, 1.82) is 0 Å². The normalized spacial score (nSPS) is 13.9. The van der Waals surface area contributed by atoms with Gasteiger partial charge in [0.1, 0.15) is 0 Å². The lowest BCUT2D eigenvalue weighted by molar-refractivity contribution is 0.0649. The molecule has 2 N–H and O–H groups in total. The third-order valence-corrected chi connectivity index (χ3v) is 2.35. The second-order valence-electron chi connectivity index (χ2n) is 3.96. The number of nitrogens with zero attached hydrogens (tertiary/aromatic N) is 1. The first-order chi connectivity index (χ1) is 6.60. The summed E-state index contributed by atoms with van der Waals surface area (Å²) >= 11 is 0. The first kappa shape index (κ1) is 13.9. The summed E-state index contributed by atoms with van der Waals surface area (Å²) in [4.78, 5) is 2.38. The summed E-state index contributed by atoms with van der Waals surface area (Å²) in [5.41, 5.74) is 5.93. The molecule has 0 aromatic carbocycles. The first-order valence-electron chi connectivity index (χ1n) is 5.69. The Morgan fingerprint density at radius 3 is 2.21 bits per heavy atom. The molecule has 0 amide bonds. The average molecular weight is 202 g/mol. The lowest BCUT2D eigenvalue weighted by Gasteiger charge is -2.21. The Morgan fingerprint density at radius 1 is 1.21 bits per heavy atom. The first-order valence-corrected chi connectivity index (χ1v) is 5.69. The van der Waals surface area contributed by atoms with Crippen LogP contribution in [0, 0.1) is 0 Å². The largest absolute Gasteiger partial charge is 0.377 e. The third kappa shape index (κ3) is 7.30. The van der Waals surface area contributed by atoms with Crippen molar-refractivity contribution in [3.63, 3.8) is 0 Å². The van der Waals surface area contributed by atoms with Crippen LogP contribution >= 0.6 is 0 Å². The number of hydrogen-bond donors (Lipinski definition) is 1. The fourth-order valence-electron chi connectivity index (χ4n) is 1.29. The highest BCUT2D eigenvalue weighted by Crippen LogP contribution is 1.97. The minimum absolute atomic E-state index is 0.179. The predicted octanol–water partition coefficient (Wildman–Crippen LogP) is 1.47. The summed E-state index contributed by atoms with van der Waals surface area (Å²) in [6, 6.07) is 0.179. The Hall–Kier alpha value is -0.120. The molecule has 1 unspecified atom stereocenters. The van der Waals surface area contributed by atoms with Gasteiger partial charge in [-0.25, -0.2) is 0 Å². The zero-order valence-electron chi connectivity index (χ0n) is 10.1. The van der Waals surface area contributed by atoms with Crippen LogP contribution in [0.3, 0.4) is 0 Å². The molecule has 86 valence electrons. The van der Waals surface area contributed by atoms with Crippen LogP contribution < -0.4 is 5.73 Å². The second kappa shape index (κ2) is 8.21. The Labute approximate surface area is 88.6 Å². The molecule has 0 rings (SSSR count). The maximum atomic E-state index is 5.93. The molecule has 0 fully saturated rings. The molecule has 0 aliphatic heterocycles. The van der Waals surface area contributed by atoms with Crippen molar-refractivity contribution in [2.75, 3.05) is 26.2 Å². The van der Waals surface area contributed by atoms with Crippen molar-refractivity contribution >= 4 is 0 Å². The second-order valence-corrected chi connectivity index (χ2v) is 3.96. The Kier molecular flexibility index (Phi) is 8.14. The van der Waals surface area contributed by atoms with Gasteiger partial charge in [0.05, 0.1) is 12.7 Å². The number of ether oxygens (including phenoxy) is 1. The molecule has 0 bridgehead atoms. The van der Waals surface area contributed by atoms with E-state index in [-0.39, 0.29) is 12.1 Å². The van der Waals surface area contributed by atoms with Gasteiger partial charge in [0.2, 0.25) is 0 Å². The molecule has 0 saturated heterocycles. The highest BCUT2D eigenvalue weighted by molar-refractivity contribution is 4.64. The molecule has 14 heavy (non-hydrogen) atoms. The van der Waals surface area contributed by atoms with Gasteiger partial charge in [-0.05, 0) is 39.9 Å². The number of hydrogen-bond acceptors (Lipinski definition) is 3. The van der Waals surface area contributed by atoms with Crippen molar-refractivity contribution in [3.05, 3.63) is 0 Å². The molecule has 3 heteroatoms. The molecule has 1 atom stereocenters. The van der Waals surface area contributed by atoms with Gasteiger partial charge in [0, 0.05) is 6.04 Å². The highest BCUT2D eigenvalue weighted by atomic mass is 16.5. The molecule has 0 aliphatic rings. The van der Waals surface area contributed by atoms with Gasteiger partial charge in [0.15, 0.2) is 0 Å². The summed E-state index contributed by atoms with van der Waals surface area (Å²) in [6.07, 6.45) is 1.31. The number of rotatable bonds is 8. The van der Waals surface area contributed by atoms with Crippen LogP contribution in [0.15, 0.2) is 0 Å². The highest BCUT2D eigenvalue weighted by Gasteiger charge is 2.06. The van der Waals surface area contributed by atoms with Crippen LogP contribution in [0.1, 0.15) is 34.1 Å². The zero-order chi connectivity index (χ0) is 11.0. The van der Waals surface area contributed by atoms with E-state index in [0.29, 0.717) is 6.61 Å². The van der Waals surface area contributed by atoms with Crippen molar-refractivity contribution in [3.8, 4) is 0 Å². The molecule has 0 radical (unpaired) electrons. The summed E-state index contributed by atoms with van der Waals surface area (Å²) in [5.74, 6) is 0. The Balaban J connectivity index is 3.46. The van der Waals surface area contributed by atoms with E-state index in [4.69, 9.17) is 10.5 Å². The van der Waals surface area contributed by atoms with Crippen molar-refractivity contribution in [1.82, 2.24) is 4.90 Å². The fourth-order valence-corrected chi connectivity index (χ4v) is 1.29. The molecular weight excluding hydrogens is 176 g/mol. The summed E-state index contributed by atoms with van der Waals surface area (Å²) in [7, 11) is 0. The van der Waals surface area contributed by atoms with Gasteiger partial charge in [-0.1, -0.05) is 13.8 Å². The minimum atomic E-state index is 0.179. The monoisotopic (exact) mass is 202 g/mol. The molecular formula is C11H26N2O. The Morgan fingerprint density at radius 2 is 1.79 bits per heavy atom. The van der Waals surface area contributed by atoms with Crippen molar-refractivity contribution < 1.29 is 4.74 Å². The SMILES string of the molecule is CCN(CC)CCC(N)COC(C)C. The average Bonchev–Trinajstić information content (AvgIpc) is 2.16. The van der Waals surface area contributed by atoms with Gasteiger partial charge in [-0.2, -0.15) is 0 Å². The smallest absolute Gasteiger partial charge is 0.0621 e. The molecule has 0 heterocycles. The predicted molar refractivity (Wildman–Crippen MR) is 61.5 cm³/mol. The minimum Gasteiger partial charge on any atom is -0.377 e. The van der Waals surface area contributed by atoms with E-state index < -0.39 is 0 Å². The molecule has 0 aromatic rings. The quantitative estimate of drug-likeness (QED) is 0.648. The van der Waals surface area contributed by atoms with Gasteiger partial charge in [0.25, 0.3) is 0 Å². The molecule has 0 saturated carbocycles. The lowest BCUT2D eigenvalue weighted by Crippen LogP contribution is -2.33. The maximum Gasteiger partial charge on any atom is 0.0621 e. The van der Waals surface area contributed by atoms with Crippen LogP contribution in [0.5, 0.6) is 0 Å². The van der Waals surface area contributed by atoms with Crippen LogP contribution in [0.25, 0.3) is 0 Å². The zero-order valence-corrected chi connectivity index (χ0v) is 10.1. The van der Waals surface area contributed by atoms with Gasteiger partial charge in [-0.3, -0.25) is 0 Å². The van der Waals surface area contributed by atoms with E-state index in [1.54, 1.807) is 0 Å². The summed E-state index contributed by atoms with van der Waals surface area (Å²) in [6.45, 7) is 12.4. The third-order valence-electron chi connectivity index (χ3n) is 2.35. The van der Waals surface area contributed by atoms with Gasteiger partial charge < -0.3 is 15.4 Å². The topological polar surface area (TPSA) is 38.5 Å². The Bertz CT molecular complexity index is 124. The standard InChI is InChI=1S/C11H26N2O/c1-5-13(6-2)8-7-11(12)9-14-10(3)4/h10-11H,5-9,12H2,1-4H3. The van der Waals surface area contributed by atoms with E-state index in [2.05, 4.69) is 18.7 Å². The van der Waals surface area contributed by atoms with Gasteiger partial charge in [-0.15, -0.1) is 0 Å². The van der Waals surface area contributed by atoms with Crippen molar-refractivity contribution in [2.24, 2.45) is 5.73 Å². The fraction of sp³-hybridized carbons (Fsp3) is 1.00. The van der Waals surface area contributed by atoms with Crippen LogP contribution in [0.2, 0.25) is 0 Å². The molecule has 0 aromatic heterocycles. The van der Waals surface area contributed by atoms with E-state index in [1.807, 2.05) is 13.8 Å². The maximum absolute atomic E-state index is 5.93. The van der Waals surface area contributed by atoms with Crippen molar-refractivity contribution in [2.45, 2.75) is 46.3 Å². The van der Waals surface area contributed by atoms with Crippen LogP contribution in [-0.4, -0.2) is 43.3 Å². The van der Waals surface area contributed by atoms with Crippen LogP contribution in [-0.2, 0) is 4.74 Å². The molecule has 0 spiro atoms. The van der Waals surface area contributed by atoms with E-state index in [1.165, 1.54) is 0 Å². The van der Waals surface area contributed by atoms with E-state index >= 15 is 0 Å². The lowest BCUT2D eigenvalue weighted by atomic mass is 10.2. The van der Waals surface area contributed by atoms with E-state index in [0.717, 1.165) is 26.1 Å².